The first-order valence-corrected chi connectivity index (χ1v) is 7.89. The van der Waals surface area contributed by atoms with E-state index in [2.05, 4.69) is 14.7 Å². The molecule has 0 saturated heterocycles. The lowest BCUT2D eigenvalue weighted by atomic mass is 9.97. The molecule has 0 radical (unpaired) electrons. The molecule has 2 aliphatic carbocycles. The van der Waals surface area contributed by atoms with Crippen LogP contribution in [0, 0.1) is 17.8 Å². The van der Waals surface area contributed by atoms with Gasteiger partial charge in [0.25, 0.3) is 10.0 Å². The van der Waals surface area contributed by atoms with Crippen molar-refractivity contribution in [3.63, 3.8) is 0 Å². The lowest BCUT2D eigenvalue weighted by molar-refractivity contribution is -0.124. The van der Waals surface area contributed by atoms with Crippen LogP contribution in [0.15, 0.2) is 23.6 Å². The minimum absolute atomic E-state index is 0.147. The largest absolute Gasteiger partial charge is 0.283 e. The van der Waals surface area contributed by atoms with Crippen LogP contribution in [0.3, 0.4) is 0 Å². The van der Waals surface area contributed by atoms with Crippen molar-refractivity contribution in [3.8, 4) is 0 Å². The number of aromatic nitrogens is 2. The first-order valence-electron chi connectivity index (χ1n) is 6.40. The summed E-state index contributed by atoms with van der Waals surface area (Å²) in [5.74, 6) is 0.205. The quantitative estimate of drug-likeness (QED) is 0.859. The van der Waals surface area contributed by atoms with Gasteiger partial charge in [-0.3, -0.25) is 9.78 Å². The SMILES string of the molecule is O=C(NS(=O)(=O)c1cnccn1)C(C1CC1)C1CC1. The normalized spacial score (nSPS) is 19.4. The van der Waals surface area contributed by atoms with Crippen molar-refractivity contribution in [2.45, 2.75) is 30.7 Å². The highest BCUT2D eigenvalue weighted by molar-refractivity contribution is 7.90. The lowest BCUT2D eigenvalue weighted by Gasteiger charge is -2.14. The maximum atomic E-state index is 12.2. The Morgan fingerprint density at radius 2 is 1.84 bits per heavy atom. The molecular weight excluding hydrogens is 266 g/mol. The summed E-state index contributed by atoms with van der Waals surface area (Å²) in [7, 11) is -3.89. The summed E-state index contributed by atoms with van der Waals surface area (Å²) in [6, 6.07) is 0. The van der Waals surface area contributed by atoms with E-state index in [4.69, 9.17) is 0 Å². The summed E-state index contributed by atoms with van der Waals surface area (Å²) in [5.41, 5.74) is 0. The Morgan fingerprint density at radius 1 is 1.21 bits per heavy atom. The van der Waals surface area contributed by atoms with Crippen molar-refractivity contribution in [1.82, 2.24) is 14.7 Å². The van der Waals surface area contributed by atoms with Crippen molar-refractivity contribution in [1.29, 1.82) is 0 Å². The molecule has 0 atom stereocenters. The van der Waals surface area contributed by atoms with Gasteiger partial charge in [0.1, 0.15) is 0 Å². The van der Waals surface area contributed by atoms with Gasteiger partial charge in [-0.1, -0.05) is 0 Å². The van der Waals surface area contributed by atoms with Crippen LogP contribution in [-0.4, -0.2) is 24.3 Å². The van der Waals surface area contributed by atoms with Gasteiger partial charge in [0, 0.05) is 18.3 Å². The van der Waals surface area contributed by atoms with Crippen molar-refractivity contribution >= 4 is 15.9 Å². The Bertz CT molecular complexity index is 567. The van der Waals surface area contributed by atoms with E-state index in [-0.39, 0.29) is 16.9 Å². The third-order valence-corrected chi connectivity index (χ3v) is 4.84. The fraction of sp³-hybridized carbons (Fsp3) is 0.583. The second kappa shape index (κ2) is 4.56. The fourth-order valence-corrected chi connectivity index (χ4v) is 3.31. The van der Waals surface area contributed by atoms with E-state index in [1.54, 1.807) is 0 Å². The van der Waals surface area contributed by atoms with Gasteiger partial charge in [0.2, 0.25) is 5.91 Å². The molecule has 1 aromatic rings. The average molecular weight is 281 g/mol. The zero-order chi connectivity index (χ0) is 13.5. The third kappa shape index (κ3) is 2.75. The van der Waals surface area contributed by atoms with Crippen LogP contribution >= 0.6 is 0 Å². The van der Waals surface area contributed by atoms with E-state index in [1.807, 2.05) is 0 Å². The van der Waals surface area contributed by atoms with Gasteiger partial charge in [-0.05, 0) is 37.5 Å². The molecule has 1 aromatic heterocycles. The number of hydrogen-bond donors (Lipinski definition) is 1. The summed E-state index contributed by atoms with van der Waals surface area (Å²) >= 11 is 0. The second-order valence-electron chi connectivity index (χ2n) is 5.21. The van der Waals surface area contributed by atoms with Gasteiger partial charge >= 0.3 is 0 Å². The number of nitrogens with one attached hydrogen (secondary N) is 1. The molecule has 102 valence electrons. The average Bonchev–Trinajstić information content (AvgIpc) is 3.24. The van der Waals surface area contributed by atoms with Crippen LogP contribution in [-0.2, 0) is 14.8 Å². The molecule has 2 aliphatic rings. The van der Waals surface area contributed by atoms with Crippen LogP contribution in [0.1, 0.15) is 25.7 Å². The van der Waals surface area contributed by atoms with E-state index >= 15 is 0 Å². The Labute approximate surface area is 111 Å². The van der Waals surface area contributed by atoms with Gasteiger partial charge in [-0.15, -0.1) is 0 Å². The number of carbonyl (C=O) groups is 1. The van der Waals surface area contributed by atoms with Crippen molar-refractivity contribution in [2.75, 3.05) is 0 Å². The highest BCUT2D eigenvalue weighted by Gasteiger charge is 2.46. The molecule has 0 spiro atoms. The summed E-state index contributed by atoms with van der Waals surface area (Å²) in [6.45, 7) is 0. The highest BCUT2D eigenvalue weighted by Crippen LogP contribution is 2.49. The molecular formula is C12H15N3O3S. The number of sulfonamides is 1. The van der Waals surface area contributed by atoms with Gasteiger partial charge in [0.05, 0.1) is 6.20 Å². The molecule has 0 aliphatic heterocycles. The molecule has 6 nitrogen and oxygen atoms in total. The van der Waals surface area contributed by atoms with Gasteiger partial charge < -0.3 is 0 Å². The fourth-order valence-electron chi connectivity index (χ4n) is 2.40. The number of hydrogen-bond acceptors (Lipinski definition) is 5. The molecule has 7 heteroatoms. The van der Waals surface area contributed by atoms with E-state index in [0.717, 1.165) is 31.9 Å². The monoisotopic (exact) mass is 281 g/mol. The topological polar surface area (TPSA) is 89.0 Å². The predicted octanol–water partition coefficient (Wildman–Crippen LogP) is 0.718. The standard InChI is InChI=1S/C12H15N3O3S/c16-12(11(8-1-2-8)9-3-4-9)15-19(17,18)10-7-13-5-6-14-10/h5-9,11H,1-4H2,(H,15,16). The molecule has 19 heavy (non-hydrogen) atoms. The van der Waals surface area contributed by atoms with Gasteiger partial charge in [0.15, 0.2) is 5.03 Å². The first kappa shape index (κ1) is 12.5. The van der Waals surface area contributed by atoms with Gasteiger partial charge in [-0.2, -0.15) is 8.42 Å². The Hall–Kier alpha value is -1.50. The van der Waals surface area contributed by atoms with Gasteiger partial charge in [-0.25, -0.2) is 9.71 Å². The Morgan fingerprint density at radius 3 is 2.32 bits per heavy atom. The van der Waals surface area contributed by atoms with Crippen molar-refractivity contribution in [3.05, 3.63) is 18.6 Å². The first-order chi connectivity index (χ1) is 9.08. The van der Waals surface area contributed by atoms with Crippen LogP contribution in [0.5, 0.6) is 0 Å². The third-order valence-electron chi connectivity index (χ3n) is 3.61. The summed E-state index contributed by atoms with van der Waals surface area (Å²) in [5, 5.41) is -0.214. The molecule has 0 bridgehead atoms. The molecule has 1 amide bonds. The van der Waals surface area contributed by atoms with E-state index < -0.39 is 10.0 Å². The summed E-state index contributed by atoms with van der Waals surface area (Å²) in [6.07, 6.45) is 7.92. The summed E-state index contributed by atoms with van der Waals surface area (Å²) < 4.78 is 26.1. The van der Waals surface area contributed by atoms with Crippen LogP contribution in [0.25, 0.3) is 0 Å². The number of nitrogens with zero attached hydrogens (tertiary/aromatic N) is 2. The minimum atomic E-state index is -3.89. The highest BCUT2D eigenvalue weighted by atomic mass is 32.2. The lowest BCUT2D eigenvalue weighted by Crippen LogP contribution is -2.37. The molecule has 3 rings (SSSR count). The van der Waals surface area contributed by atoms with E-state index in [9.17, 15) is 13.2 Å². The second-order valence-corrected chi connectivity index (χ2v) is 6.84. The summed E-state index contributed by atoms with van der Waals surface area (Å²) in [4.78, 5) is 19.6. The predicted molar refractivity (Wildman–Crippen MR) is 66.3 cm³/mol. The number of rotatable bonds is 5. The zero-order valence-electron chi connectivity index (χ0n) is 10.3. The maximum Gasteiger partial charge on any atom is 0.283 e. The van der Waals surface area contributed by atoms with Crippen LogP contribution < -0.4 is 4.72 Å². The minimum Gasteiger partial charge on any atom is -0.274 e. The molecule has 0 aromatic carbocycles. The molecule has 0 unspecified atom stereocenters. The van der Waals surface area contributed by atoms with Crippen molar-refractivity contribution in [2.24, 2.45) is 17.8 Å². The smallest absolute Gasteiger partial charge is 0.274 e. The molecule has 2 saturated carbocycles. The van der Waals surface area contributed by atoms with Crippen molar-refractivity contribution < 1.29 is 13.2 Å². The Kier molecular flexibility index (Phi) is 3.00. The van der Waals surface area contributed by atoms with Crippen LogP contribution in [0.4, 0.5) is 0 Å². The zero-order valence-corrected chi connectivity index (χ0v) is 11.1. The molecule has 1 N–H and O–H groups in total. The molecule has 2 fully saturated rings. The number of amides is 1. The van der Waals surface area contributed by atoms with E-state index in [0.29, 0.717) is 11.8 Å². The molecule has 1 heterocycles. The van der Waals surface area contributed by atoms with Crippen LogP contribution in [0.2, 0.25) is 0 Å². The Balaban J connectivity index is 1.75. The maximum absolute atomic E-state index is 12.2. The number of carbonyl (C=O) groups excluding carboxylic acids is 1. The van der Waals surface area contributed by atoms with E-state index in [1.165, 1.54) is 12.4 Å².